The predicted octanol–water partition coefficient (Wildman–Crippen LogP) is 2.31. The number of hydrogen-bond acceptors (Lipinski definition) is 5. The van der Waals surface area contributed by atoms with Crippen molar-refractivity contribution < 1.29 is 19.1 Å². The number of carbonyl (C=O) groups excluding carboxylic acids is 3. The van der Waals surface area contributed by atoms with Gasteiger partial charge in [-0.2, -0.15) is 0 Å². The Hall–Kier alpha value is -2.41. The number of rotatable bonds is 7. The molecule has 0 unspecified atom stereocenters. The van der Waals surface area contributed by atoms with Crippen LogP contribution in [0.5, 0.6) is 0 Å². The van der Waals surface area contributed by atoms with Crippen LogP contribution < -0.4 is 5.32 Å². The lowest BCUT2D eigenvalue weighted by Crippen LogP contribution is -2.46. The Morgan fingerprint density at radius 3 is 2.39 bits per heavy atom. The number of hydrogen-bond donors (Lipinski definition) is 1. The van der Waals surface area contributed by atoms with Gasteiger partial charge in [-0.15, -0.1) is 0 Å². The van der Waals surface area contributed by atoms with E-state index in [0.717, 1.165) is 44.5 Å². The molecule has 2 fully saturated rings. The largest absolute Gasteiger partial charge is 0.445 e. The molecule has 1 N–H and O–H groups in total. The van der Waals surface area contributed by atoms with Crippen molar-refractivity contribution >= 4 is 17.9 Å². The van der Waals surface area contributed by atoms with Gasteiger partial charge in [0.25, 0.3) is 0 Å². The minimum Gasteiger partial charge on any atom is -0.445 e. The van der Waals surface area contributed by atoms with Gasteiger partial charge in [0.2, 0.25) is 11.8 Å². The van der Waals surface area contributed by atoms with Crippen LogP contribution in [0.3, 0.4) is 0 Å². The molecule has 28 heavy (non-hydrogen) atoms. The number of nitrogens with zero attached hydrogens (tertiary/aromatic N) is 2. The van der Waals surface area contributed by atoms with E-state index >= 15 is 0 Å². The van der Waals surface area contributed by atoms with Crippen molar-refractivity contribution in [2.24, 2.45) is 0 Å². The van der Waals surface area contributed by atoms with Crippen LogP contribution in [-0.2, 0) is 20.9 Å². The number of amides is 3. The molecule has 0 spiro atoms. The van der Waals surface area contributed by atoms with Crippen molar-refractivity contribution in [1.29, 1.82) is 0 Å². The molecule has 0 radical (unpaired) electrons. The van der Waals surface area contributed by atoms with Crippen LogP contribution in [0.4, 0.5) is 4.79 Å². The van der Waals surface area contributed by atoms with Crippen LogP contribution in [0, 0.1) is 0 Å². The lowest BCUT2D eigenvalue weighted by Gasteiger charge is -2.32. The zero-order valence-corrected chi connectivity index (χ0v) is 16.3. The summed E-state index contributed by atoms with van der Waals surface area (Å²) >= 11 is 0. The Labute approximate surface area is 166 Å². The minimum absolute atomic E-state index is 0.0341. The summed E-state index contributed by atoms with van der Waals surface area (Å²) in [7, 11) is 0. The number of nitrogens with one attached hydrogen (secondary N) is 1. The van der Waals surface area contributed by atoms with Crippen LogP contribution in [-0.4, -0.2) is 59.9 Å². The Bertz CT molecular complexity index is 655. The molecule has 0 aliphatic carbocycles. The third-order valence-corrected chi connectivity index (χ3v) is 5.36. The maximum absolute atomic E-state index is 12.0. The molecule has 2 heterocycles. The molecule has 0 aromatic heterocycles. The van der Waals surface area contributed by atoms with E-state index in [-0.39, 0.29) is 30.6 Å². The second-order valence-corrected chi connectivity index (χ2v) is 7.47. The summed E-state index contributed by atoms with van der Waals surface area (Å²) in [6.45, 7) is 3.44. The second kappa shape index (κ2) is 10.2. The maximum Gasteiger partial charge on any atom is 0.407 e. The standard InChI is InChI=1S/C21H29N3O4/c25-19-8-4-9-20(26)24(19)13-5-12-23-14-10-18(11-15-23)22-21(27)28-16-17-6-2-1-3-7-17/h1-3,6-7,18H,4-5,8-16H2,(H,22,27). The van der Waals surface area contributed by atoms with Crippen LogP contribution >= 0.6 is 0 Å². The smallest absolute Gasteiger partial charge is 0.407 e. The van der Waals surface area contributed by atoms with E-state index in [4.69, 9.17) is 4.74 Å². The van der Waals surface area contributed by atoms with Crippen LogP contribution in [0.2, 0.25) is 0 Å². The van der Waals surface area contributed by atoms with E-state index in [0.29, 0.717) is 25.8 Å². The molecule has 152 valence electrons. The fourth-order valence-corrected chi connectivity index (χ4v) is 3.73. The highest BCUT2D eigenvalue weighted by molar-refractivity contribution is 5.97. The van der Waals surface area contributed by atoms with Crippen molar-refractivity contribution in [3.05, 3.63) is 35.9 Å². The van der Waals surface area contributed by atoms with E-state index in [9.17, 15) is 14.4 Å². The van der Waals surface area contributed by atoms with Gasteiger partial charge in [0.05, 0.1) is 0 Å². The number of piperidine rings is 2. The average molecular weight is 387 g/mol. The maximum atomic E-state index is 12.0. The van der Waals surface area contributed by atoms with Gasteiger partial charge in [-0.1, -0.05) is 30.3 Å². The SMILES string of the molecule is O=C(NC1CCN(CCCN2C(=O)CCCC2=O)CC1)OCc1ccccc1. The lowest BCUT2D eigenvalue weighted by molar-refractivity contribution is -0.148. The normalized spacial score (nSPS) is 18.9. The highest BCUT2D eigenvalue weighted by atomic mass is 16.5. The molecule has 2 aliphatic rings. The fraction of sp³-hybridized carbons (Fsp3) is 0.571. The van der Waals surface area contributed by atoms with Crippen molar-refractivity contribution in [2.45, 2.75) is 51.2 Å². The first-order valence-electron chi connectivity index (χ1n) is 10.1. The molecule has 2 saturated heterocycles. The molecule has 3 amide bonds. The molecule has 0 saturated carbocycles. The summed E-state index contributed by atoms with van der Waals surface area (Å²) in [5, 5.41) is 2.94. The first kappa shape index (κ1) is 20.3. The quantitative estimate of drug-likeness (QED) is 0.727. The monoisotopic (exact) mass is 387 g/mol. The third kappa shape index (κ3) is 6.05. The lowest BCUT2D eigenvalue weighted by atomic mass is 10.0. The van der Waals surface area contributed by atoms with Gasteiger partial charge in [0.1, 0.15) is 6.61 Å². The highest BCUT2D eigenvalue weighted by Crippen LogP contribution is 2.14. The first-order chi connectivity index (χ1) is 13.6. The molecule has 1 aromatic rings. The number of imide groups is 1. The number of carbonyl (C=O) groups is 3. The Balaban J connectivity index is 1.29. The third-order valence-electron chi connectivity index (χ3n) is 5.36. The number of likely N-dealkylation sites (tertiary alicyclic amines) is 2. The van der Waals surface area contributed by atoms with Gasteiger partial charge in [-0.25, -0.2) is 4.79 Å². The fourth-order valence-electron chi connectivity index (χ4n) is 3.73. The van der Waals surface area contributed by atoms with Gasteiger partial charge in [-0.05, 0) is 37.8 Å². The zero-order valence-electron chi connectivity index (χ0n) is 16.3. The van der Waals surface area contributed by atoms with E-state index in [1.807, 2.05) is 30.3 Å². The van der Waals surface area contributed by atoms with Crippen molar-refractivity contribution in [1.82, 2.24) is 15.1 Å². The Morgan fingerprint density at radius 1 is 1.04 bits per heavy atom. The Morgan fingerprint density at radius 2 is 1.71 bits per heavy atom. The molecule has 3 rings (SSSR count). The van der Waals surface area contributed by atoms with E-state index in [1.165, 1.54) is 4.90 Å². The van der Waals surface area contributed by atoms with Crippen LogP contribution in [0.25, 0.3) is 0 Å². The molecule has 2 aliphatic heterocycles. The molecule has 0 atom stereocenters. The summed E-state index contributed by atoms with van der Waals surface area (Å²) in [5.41, 5.74) is 0.970. The number of benzene rings is 1. The number of alkyl carbamates (subject to hydrolysis) is 1. The summed E-state index contributed by atoms with van der Waals surface area (Å²) in [6.07, 6.45) is 3.84. The van der Waals surface area contributed by atoms with Crippen LogP contribution in [0.15, 0.2) is 30.3 Å². The van der Waals surface area contributed by atoms with E-state index in [2.05, 4.69) is 10.2 Å². The highest BCUT2D eigenvalue weighted by Gasteiger charge is 2.26. The molecule has 1 aromatic carbocycles. The van der Waals surface area contributed by atoms with E-state index < -0.39 is 0 Å². The van der Waals surface area contributed by atoms with Crippen molar-refractivity contribution in [3.8, 4) is 0 Å². The zero-order chi connectivity index (χ0) is 19.8. The summed E-state index contributed by atoms with van der Waals surface area (Å²) < 4.78 is 5.28. The molecular weight excluding hydrogens is 358 g/mol. The first-order valence-corrected chi connectivity index (χ1v) is 10.1. The summed E-state index contributed by atoms with van der Waals surface area (Å²) in [4.78, 5) is 39.3. The van der Waals surface area contributed by atoms with Gasteiger partial charge in [0, 0.05) is 38.5 Å². The molecular formula is C21H29N3O4. The van der Waals surface area contributed by atoms with Gasteiger partial charge in [0.15, 0.2) is 0 Å². The van der Waals surface area contributed by atoms with Crippen molar-refractivity contribution in [2.75, 3.05) is 26.2 Å². The Kier molecular flexibility index (Phi) is 7.42. The summed E-state index contributed by atoms with van der Waals surface area (Å²) in [6, 6.07) is 9.75. The number of ether oxygens (including phenoxy) is 1. The molecule has 0 bridgehead atoms. The second-order valence-electron chi connectivity index (χ2n) is 7.47. The van der Waals surface area contributed by atoms with Gasteiger partial charge in [-0.3, -0.25) is 14.5 Å². The molecule has 7 heteroatoms. The van der Waals surface area contributed by atoms with Crippen LogP contribution in [0.1, 0.15) is 44.1 Å². The van der Waals surface area contributed by atoms with Gasteiger partial charge >= 0.3 is 6.09 Å². The van der Waals surface area contributed by atoms with E-state index in [1.54, 1.807) is 0 Å². The average Bonchev–Trinajstić information content (AvgIpc) is 2.71. The van der Waals surface area contributed by atoms with Gasteiger partial charge < -0.3 is 15.0 Å². The van der Waals surface area contributed by atoms with Crippen molar-refractivity contribution in [3.63, 3.8) is 0 Å². The topological polar surface area (TPSA) is 79.0 Å². The molecule has 7 nitrogen and oxygen atoms in total. The summed E-state index contributed by atoms with van der Waals surface area (Å²) in [5.74, 6) is -0.0682. The predicted molar refractivity (Wildman–Crippen MR) is 104 cm³/mol. The minimum atomic E-state index is -0.371.